The quantitative estimate of drug-likeness (QED) is 0.835. The van der Waals surface area contributed by atoms with Crippen LogP contribution < -0.4 is 5.32 Å². The molecule has 0 saturated heterocycles. The third kappa shape index (κ3) is 1.74. The van der Waals surface area contributed by atoms with Gasteiger partial charge >= 0.3 is 5.97 Å². The highest BCUT2D eigenvalue weighted by atomic mass is 16.4. The first-order chi connectivity index (χ1) is 8.70. The van der Waals surface area contributed by atoms with E-state index in [4.69, 9.17) is 0 Å². The molecule has 0 unspecified atom stereocenters. The van der Waals surface area contributed by atoms with Crippen LogP contribution in [0.5, 0.6) is 0 Å². The number of nitrogens with zero attached hydrogens (tertiary/aromatic N) is 3. The second kappa shape index (κ2) is 4.06. The lowest BCUT2D eigenvalue weighted by molar-refractivity contribution is -0.148. The molecule has 0 atom stereocenters. The van der Waals surface area contributed by atoms with Gasteiger partial charge in [0.05, 0.1) is 5.69 Å². The van der Waals surface area contributed by atoms with Crippen LogP contribution in [0.25, 0.3) is 5.78 Å². The summed E-state index contributed by atoms with van der Waals surface area (Å²) in [5.74, 6) is -0.136. The van der Waals surface area contributed by atoms with Gasteiger partial charge in [-0.15, -0.1) is 0 Å². The first kappa shape index (κ1) is 11.2. The second-order valence-electron chi connectivity index (χ2n) is 4.65. The average Bonchev–Trinajstić information content (AvgIpc) is 2.69. The number of fused-ring (bicyclic) bond motifs is 1. The van der Waals surface area contributed by atoms with Crippen molar-refractivity contribution in [2.45, 2.75) is 31.3 Å². The maximum atomic E-state index is 11.2. The van der Waals surface area contributed by atoms with Crippen molar-refractivity contribution in [2.24, 2.45) is 0 Å². The summed E-state index contributed by atoms with van der Waals surface area (Å²) in [6.07, 6.45) is 7.76. The predicted octanol–water partition coefficient (Wildman–Crippen LogP) is 0.826. The van der Waals surface area contributed by atoms with Crippen LogP contribution in [-0.2, 0) is 11.3 Å². The fraction of sp³-hybridized carbons (Fsp3) is 0.417. The van der Waals surface area contributed by atoms with Crippen LogP contribution in [0.3, 0.4) is 0 Å². The van der Waals surface area contributed by atoms with Crippen molar-refractivity contribution in [3.8, 4) is 0 Å². The summed E-state index contributed by atoms with van der Waals surface area (Å²) < 4.78 is 1.82. The van der Waals surface area contributed by atoms with Gasteiger partial charge in [0.1, 0.15) is 5.54 Å². The van der Waals surface area contributed by atoms with Crippen LogP contribution in [0, 0.1) is 0 Å². The average molecular weight is 246 g/mol. The van der Waals surface area contributed by atoms with Gasteiger partial charge < -0.3 is 5.11 Å². The number of carboxylic acids is 1. The second-order valence-corrected chi connectivity index (χ2v) is 4.65. The largest absolute Gasteiger partial charge is 0.480 e. The predicted molar refractivity (Wildman–Crippen MR) is 64.0 cm³/mol. The molecule has 2 N–H and O–H groups in total. The molecule has 0 bridgehead atoms. The monoisotopic (exact) mass is 246 g/mol. The van der Waals surface area contributed by atoms with E-state index in [1.807, 2.05) is 22.9 Å². The maximum absolute atomic E-state index is 11.2. The minimum Gasteiger partial charge on any atom is -0.480 e. The molecule has 1 aliphatic rings. The van der Waals surface area contributed by atoms with Crippen molar-refractivity contribution in [3.05, 3.63) is 30.4 Å². The van der Waals surface area contributed by atoms with Crippen molar-refractivity contribution in [3.63, 3.8) is 0 Å². The van der Waals surface area contributed by atoms with E-state index in [0.717, 1.165) is 12.1 Å². The Bertz CT molecular complexity index is 556. The Hall–Kier alpha value is -1.95. The number of carboxylic acid groups (broad SMARTS) is 1. The molecular weight excluding hydrogens is 232 g/mol. The zero-order valence-corrected chi connectivity index (χ0v) is 9.83. The standard InChI is InChI=1S/C12H14N4O2/c17-10(18)12(3-1-4-12)14-7-9-8-16-6-2-5-13-11(16)15-9/h2,5-6,8,14H,1,3-4,7H2,(H,17,18). The molecule has 6 heteroatoms. The van der Waals surface area contributed by atoms with Crippen LogP contribution in [0.1, 0.15) is 25.0 Å². The van der Waals surface area contributed by atoms with E-state index < -0.39 is 11.5 Å². The van der Waals surface area contributed by atoms with E-state index in [1.54, 1.807) is 6.20 Å². The molecule has 2 aromatic heterocycles. The summed E-state index contributed by atoms with van der Waals surface area (Å²) in [5, 5.41) is 12.3. The number of imidazole rings is 1. The van der Waals surface area contributed by atoms with Crippen LogP contribution in [0.2, 0.25) is 0 Å². The van der Waals surface area contributed by atoms with Crippen LogP contribution in [0.4, 0.5) is 0 Å². The number of hydrogen-bond donors (Lipinski definition) is 2. The molecule has 1 saturated carbocycles. The van der Waals surface area contributed by atoms with Gasteiger partial charge in [0.25, 0.3) is 0 Å². The molecule has 0 spiro atoms. The number of rotatable bonds is 4. The molecule has 0 aliphatic heterocycles. The summed E-state index contributed by atoms with van der Waals surface area (Å²) in [6, 6.07) is 1.83. The smallest absolute Gasteiger partial charge is 0.323 e. The van der Waals surface area contributed by atoms with Crippen LogP contribution in [-0.4, -0.2) is 31.0 Å². The zero-order valence-electron chi connectivity index (χ0n) is 9.83. The highest BCUT2D eigenvalue weighted by Crippen LogP contribution is 2.32. The summed E-state index contributed by atoms with van der Waals surface area (Å²) >= 11 is 0. The van der Waals surface area contributed by atoms with E-state index in [-0.39, 0.29) is 0 Å². The Labute approximate surface area is 104 Å². The summed E-state index contributed by atoms with van der Waals surface area (Å²) in [4.78, 5) is 19.6. The fourth-order valence-electron chi connectivity index (χ4n) is 2.22. The van der Waals surface area contributed by atoms with Gasteiger partial charge in [-0.1, -0.05) is 0 Å². The Morgan fingerprint density at radius 1 is 1.56 bits per heavy atom. The van der Waals surface area contributed by atoms with Gasteiger partial charge in [0, 0.05) is 25.1 Å². The highest BCUT2D eigenvalue weighted by molar-refractivity contribution is 5.79. The molecule has 2 aromatic rings. The van der Waals surface area contributed by atoms with Gasteiger partial charge in [-0.25, -0.2) is 9.97 Å². The number of aliphatic carboxylic acids is 1. The normalized spacial score (nSPS) is 17.6. The SMILES string of the molecule is O=C(O)C1(NCc2cn3cccnc3n2)CCC1. The lowest BCUT2D eigenvalue weighted by atomic mass is 9.77. The van der Waals surface area contributed by atoms with E-state index >= 15 is 0 Å². The van der Waals surface area contributed by atoms with E-state index in [1.165, 1.54) is 0 Å². The number of hydrogen-bond acceptors (Lipinski definition) is 4. The molecule has 1 fully saturated rings. The number of carbonyl (C=O) groups is 1. The fourth-order valence-corrected chi connectivity index (χ4v) is 2.22. The Kier molecular flexibility index (Phi) is 2.52. The minimum absolute atomic E-state index is 0.454. The summed E-state index contributed by atoms with van der Waals surface area (Å²) in [5.41, 5.74) is 0.0599. The van der Waals surface area contributed by atoms with Crippen molar-refractivity contribution in [2.75, 3.05) is 0 Å². The molecule has 6 nitrogen and oxygen atoms in total. The molecule has 0 aromatic carbocycles. The van der Waals surface area contributed by atoms with Crippen molar-refractivity contribution in [1.29, 1.82) is 0 Å². The first-order valence-electron chi connectivity index (χ1n) is 5.97. The molecule has 94 valence electrons. The molecule has 18 heavy (non-hydrogen) atoms. The van der Waals surface area contributed by atoms with Crippen molar-refractivity contribution < 1.29 is 9.90 Å². The molecule has 2 heterocycles. The molecule has 3 rings (SSSR count). The highest BCUT2D eigenvalue weighted by Gasteiger charge is 2.43. The Balaban J connectivity index is 1.75. The Morgan fingerprint density at radius 3 is 3.00 bits per heavy atom. The van der Waals surface area contributed by atoms with Gasteiger partial charge in [-0.05, 0) is 25.3 Å². The van der Waals surface area contributed by atoms with E-state index in [9.17, 15) is 9.90 Å². The zero-order chi connectivity index (χ0) is 12.6. The lowest BCUT2D eigenvalue weighted by Crippen LogP contribution is -2.56. The topological polar surface area (TPSA) is 79.5 Å². The van der Waals surface area contributed by atoms with E-state index in [0.29, 0.717) is 25.2 Å². The van der Waals surface area contributed by atoms with Crippen LogP contribution >= 0.6 is 0 Å². The van der Waals surface area contributed by atoms with E-state index in [2.05, 4.69) is 15.3 Å². The van der Waals surface area contributed by atoms with Gasteiger partial charge in [-0.3, -0.25) is 14.5 Å². The summed E-state index contributed by atoms with van der Waals surface area (Å²) in [7, 11) is 0. The number of aromatic nitrogens is 3. The van der Waals surface area contributed by atoms with Crippen molar-refractivity contribution in [1.82, 2.24) is 19.7 Å². The lowest BCUT2D eigenvalue weighted by Gasteiger charge is -2.38. The molecular formula is C12H14N4O2. The molecule has 0 amide bonds. The van der Waals surface area contributed by atoms with Gasteiger partial charge in [0.2, 0.25) is 5.78 Å². The van der Waals surface area contributed by atoms with Gasteiger partial charge in [-0.2, -0.15) is 0 Å². The third-order valence-corrected chi connectivity index (χ3v) is 3.51. The first-order valence-corrected chi connectivity index (χ1v) is 5.97. The molecule has 1 aliphatic carbocycles. The maximum Gasteiger partial charge on any atom is 0.323 e. The number of nitrogens with one attached hydrogen (secondary N) is 1. The van der Waals surface area contributed by atoms with Crippen LogP contribution in [0.15, 0.2) is 24.7 Å². The molecule has 0 radical (unpaired) electrons. The minimum atomic E-state index is -0.768. The Morgan fingerprint density at radius 2 is 2.39 bits per heavy atom. The summed E-state index contributed by atoms with van der Waals surface area (Å²) in [6.45, 7) is 0.454. The van der Waals surface area contributed by atoms with Gasteiger partial charge in [0.15, 0.2) is 0 Å². The third-order valence-electron chi connectivity index (χ3n) is 3.51. The van der Waals surface area contributed by atoms with Crippen molar-refractivity contribution >= 4 is 11.7 Å².